The van der Waals surface area contributed by atoms with Gasteiger partial charge in [-0.3, -0.25) is 9.59 Å². The number of amides is 1. The second kappa shape index (κ2) is 6.97. The molecule has 2 rings (SSSR count). The summed E-state index contributed by atoms with van der Waals surface area (Å²) in [6.45, 7) is 8.67. The normalized spacial score (nSPS) is 21.1. The van der Waals surface area contributed by atoms with E-state index in [1.165, 1.54) is 0 Å². The lowest BCUT2D eigenvalue weighted by Crippen LogP contribution is -2.50. The van der Waals surface area contributed by atoms with Gasteiger partial charge in [0.05, 0.1) is 18.8 Å². The number of morpholine rings is 1. The average molecular weight is 317 g/mol. The van der Waals surface area contributed by atoms with Gasteiger partial charge in [0.15, 0.2) is 0 Å². The summed E-state index contributed by atoms with van der Waals surface area (Å²) in [5, 5.41) is 9.10. The van der Waals surface area contributed by atoms with Crippen LogP contribution in [0.2, 0.25) is 0 Å². The second-order valence-electron chi connectivity index (χ2n) is 6.21. The van der Waals surface area contributed by atoms with E-state index in [0.717, 1.165) is 11.3 Å². The van der Waals surface area contributed by atoms with Gasteiger partial charge in [-0.2, -0.15) is 5.26 Å². The molecular weight excluding hydrogens is 294 g/mol. The van der Waals surface area contributed by atoms with Crippen LogP contribution in [0.4, 0.5) is 0 Å². The van der Waals surface area contributed by atoms with Gasteiger partial charge >= 0.3 is 0 Å². The van der Waals surface area contributed by atoms with E-state index >= 15 is 0 Å². The van der Waals surface area contributed by atoms with Crippen LogP contribution in [-0.2, 0) is 16.0 Å². The molecule has 1 aromatic heterocycles. The second-order valence-corrected chi connectivity index (χ2v) is 6.21. The number of aryl methyl sites for hydroxylation is 1. The van der Waals surface area contributed by atoms with E-state index in [1.54, 1.807) is 13.8 Å². The van der Waals surface area contributed by atoms with Crippen LogP contribution in [0.1, 0.15) is 42.7 Å². The van der Waals surface area contributed by atoms with E-state index in [1.807, 2.05) is 24.8 Å². The number of aromatic nitrogens is 1. The van der Waals surface area contributed by atoms with E-state index in [-0.39, 0.29) is 29.2 Å². The Balaban J connectivity index is 2.13. The number of carbonyl (C=O) groups is 1. The van der Waals surface area contributed by atoms with Crippen LogP contribution in [-0.4, -0.2) is 41.1 Å². The van der Waals surface area contributed by atoms with Gasteiger partial charge < -0.3 is 14.6 Å². The third kappa shape index (κ3) is 3.62. The molecule has 23 heavy (non-hydrogen) atoms. The highest BCUT2D eigenvalue weighted by Crippen LogP contribution is 2.18. The van der Waals surface area contributed by atoms with Crippen LogP contribution in [0.25, 0.3) is 0 Å². The highest BCUT2D eigenvalue weighted by Gasteiger charge is 2.27. The van der Waals surface area contributed by atoms with Crippen molar-refractivity contribution in [2.75, 3.05) is 13.2 Å². The Morgan fingerprint density at radius 1 is 1.43 bits per heavy atom. The molecule has 0 spiro atoms. The lowest BCUT2D eigenvalue weighted by atomic mass is 9.98. The predicted molar refractivity (Wildman–Crippen MR) is 86.2 cm³/mol. The summed E-state index contributed by atoms with van der Waals surface area (Å²) in [5.41, 5.74) is 2.04. The van der Waals surface area contributed by atoms with Gasteiger partial charge in [0.2, 0.25) is 5.91 Å². The van der Waals surface area contributed by atoms with Crippen molar-refractivity contribution in [3.8, 4) is 6.07 Å². The zero-order valence-corrected chi connectivity index (χ0v) is 14.1. The zero-order valence-electron chi connectivity index (χ0n) is 14.1. The van der Waals surface area contributed by atoms with Crippen molar-refractivity contribution in [3.63, 3.8) is 0 Å². The number of carbonyl (C=O) groups excluding carboxylic acids is 1. The maximum Gasteiger partial charge on any atom is 0.266 e. The predicted octanol–water partition coefficient (Wildman–Crippen LogP) is 1.43. The molecule has 1 saturated heterocycles. The first-order valence-corrected chi connectivity index (χ1v) is 7.88. The van der Waals surface area contributed by atoms with Crippen molar-refractivity contribution in [3.05, 3.63) is 32.7 Å². The number of nitriles is 1. The van der Waals surface area contributed by atoms with Crippen LogP contribution in [0, 0.1) is 25.2 Å². The number of nitrogens with one attached hydrogen (secondary N) is 1. The third-order valence-electron chi connectivity index (χ3n) is 4.44. The molecule has 1 amide bonds. The van der Waals surface area contributed by atoms with E-state index < -0.39 is 0 Å². The van der Waals surface area contributed by atoms with E-state index in [0.29, 0.717) is 31.6 Å². The number of H-pyrrole nitrogens is 1. The van der Waals surface area contributed by atoms with Gasteiger partial charge in [0, 0.05) is 18.7 Å². The Morgan fingerprint density at radius 3 is 2.78 bits per heavy atom. The average Bonchev–Trinajstić information content (AvgIpc) is 2.49. The van der Waals surface area contributed by atoms with Gasteiger partial charge in [-0.1, -0.05) is 0 Å². The minimum absolute atomic E-state index is 0.0527. The molecule has 0 bridgehead atoms. The minimum atomic E-state index is -0.367. The van der Waals surface area contributed by atoms with Crippen LogP contribution >= 0.6 is 0 Å². The number of nitrogens with zero attached hydrogens (tertiary/aromatic N) is 2. The summed E-state index contributed by atoms with van der Waals surface area (Å²) in [6, 6.07) is 2.01. The molecule has 1 fully saturated rings. The van der Waals surface area contributed by atoms with E-state index in [9.17, 15) is 9.59 Å². The largest absolute Gasteiger partial charge is 0.375 e. The number of aromatic amines is 1. The van der Waals surface area contributed by atoms with Crippen molar-refractivity contribution in [1.82, 2.24) is 9.88 Å². The minimum Gasteiger partial charge on any atom is -0.375 e. The number of ether oxygens (including phenoxy) is 1. The molecule has 6 nitrogen and oxygen atoms in total. The standard InChI is InChI=1S/C17H23N3O3/c1-10-9-23-11(2)8-20(10)16(21)6-5-14-12(3)15(7-18)17(22)19-13(14)4/h10-11H,5-6,8-9H2,1-4H3,(H,19,22). The van der Waals surface area contributed by atoms with Gasteiger partial charge in [0.1, 0.15) is 11.6 Å². The van der Waals surface area contributed by atoms with Crippen molar-refractivity contribution >= 4 is 5.91 Å². The molecule has 6 heteroatoms. The molecule has 2 heterocycles. The Hall–Kier alpha value is -2.13. The quantitative estimate of drug-likeness (QED) is 0.914. The fourth-order valence-corrected chi connectivity index (χ4v) is 3.05. The van der Waals surface area contributed by atoms with Crippen LogP contribution < -0.4 is 5.56 Å². The maximum absolute atomic E-state index is 12.5. The molecule has 0 radical (unpaired) electrons. The van der Waals surface area contributed by atoms with Crippen molar-refractivity contribution < 1.29 is 9.53 Å². The Morgan fingerprint density at radius 2 is 2.13 bits per heavy atom. The number of rotatable bonds is 3. The van der Waals surface area contributed by atoms with Gasteiger partial charge in [0.25, 0.3) is 5.56 Å². The molecule has 124 valence electrons. The van der Waals surface area contributed by atoms with E-state index in [4.69, 9.17) is 10.00 Å². The summed E-state index contributed by atoms with van der Waals surface area (Å²) in [5.74, 6) is 0.0798. The SMILES string of the molecule is Cc1[nH]c(=O)c(C#N)c(C)c1CCC(=O)N1CC(C)OCC1C. The van der Waals surface area contributed by atoms with Gasteiger partial charge in [-0.05, 0) is 45.2 Å². The first-order valence-electron chi connectivity index (χ1n) is 7.88. The molecule has 2 unspecified atom stereocenters. The van der Waals surface area contributed by atoms with Crippen molar-refractivity contribution in [2.45, 2.75) is 52.7 Å². The molecule has 1 aliphatic rings. The fraction of sp³-hybridized carbons (Fsp3) is 0.588. The Bertz CT molecular complexity index is 702. The molecule has 0 aromatic carbocycles. The summed E-state index contributed by atoms with van der Waals surface area (Å²) >= 11 is 0. The Kier molecular flexibility index (Phi) is 5.22. The van der Waals surface area contributed by atoms with Crippen molar-refractivity contribution in [1.29, 1.82) is 5.26 Å². The monoisotopic (exact) mass is 317 g/mol. The summed E-state index contributed by atoms with van der Waals surface area (Å²) in [4.78, 5) is 28.8. The Labute approximate surface area is 136 Å². The molecule has 1 aliphatic heterocycles. The number of hydrogen-bond donors (Lipinski definition) is 1. The smallest absolute Gasteiger partial charge is 0.266 e. The van der Waals surface area contributed by atoms with Gasteiger partial charge in [-0.25, -0.2) is 0 Å². The zero-order chi connectivity index (χ0) is 17.1. The van der Waals surface area contributed by atoms with Crippen molar-refractivity contribution in [2.24, 2.45) is 0 Å². The number of hydrogen-bond acceptors (Lipinski definition) is 4. The maximum atomic E-state index is 12.5. The molecule has 0 saturated carbocycles. The summed E-state index contributed by atoms with van der Waals surface area (Å²) in [6.07, 6.45) is 0.924. The van der Waals surface area contributed by atoms with E-state index in [2.05, 4.69) is 4.98 Å². The molecule has 2 atom stereocenters. The first-order chi connectivity index (χ1) is 10.8. The lowest BCUT2D eigenvalue weighted by molar-refractivity contribution is -0.143. The number of pyridine rings is 1. The highest BCUT2D eigenvalue weighted by atomic mass is 16.5. The summed E-state index contributed by atoms with van der Waals surface area (Å²) < 4.78 is 5.55. The molecule has 0 aliphatic carbocycles. The van der Waals surface area contributed by atoms with Gasteiger partial charge in [-0.15, -0.1) is 0 Å². The van der Waals surface area contributed by atoms with Crippen LogP contribution in [0.15, 0.2) is 4.79 Å². The topological polar surface area (TPSA) is 86.2 Å². The summed E-state index contributed by atoms with van der Waals surface area (Å²) in [7, 11) is 0. The van der Waals surface area contributed by atoms with Crippen LogP contribution in [0.5, 0.6) is 0 Å². The molecule has 1 N–H and O–H groups in total. The lowest BCUT2D eigenvalue weighted by Gasteiger charge is -2.37. The van der Waals surface area contributed by atoms with Crippen LogP contribution in [0.3, 0.4) is 0 Å². The molecular formula is C17H23N3O3. The molecule has 1 aromatic rings. The fourth-order valence-electron chi connectivity index (χ4n) is 3.05. The highest BCUT2D eigenvalue weighted by molar-refractivity contribution is 5.77. The third-order valence-corrected chi connectivity index (χ3v) is 4.44. The first kappa shape index (κ1) is 17.2.